The van der Waals surface area contributed by atoms with Crippen LogP contribution in [-0.2, 0) is 7.05 Å². The van der Waals surface area contributed by atoms with Crippen molar-refractivity contribution < 1.29 is 23.1 Å². The summed E-state index contributed by atoms with van der Waals surface area (Å²) in [6.45, 7) is -0.838. The fourth-order valence-corrected chi connectivity index (χ4v) is 2.62. The molecule has 0 radical (unpaired) electrons. The molecular weight excluding hydrogens is 329 g/mol. The molecular formula is C11H12BrF3N2O2. The van der Waals surface area contributed by atoms with Crippen LogP contribution in [0.1, 0.15) is 16.9 Å². The van der Waals surface area contributed by atoms with Gasteiger partial charge in [-0.15, -0.1) is 0 Å². The lowest BCUT2D eigenvalue weighted by Crippen LogP contribution is -2.48. The summed E-state index contributed by atoms with van der Waals surface area (Å²) in [5, 5.41) is 9.53. The van der Waals surface area contributed by atoms with Gasteiger partial charge in [-0.2, -0.15) is 13.2 Å². The van der Waals surface area contributed by atoms with Crippen molar-refractivity contribution in [2.24, 2.45) is 7.05 Å². The number of rotatable bonds is 1. The Hall–Kier alpha value is -1.02. The maximum Gasteiger partial charge on any atom is 0.419 e. The van der Waals surface area contributed by atoms with Gasteiger partial charge in [0.25, 0.3) is 5.91 Å². The summed E-state index contributed by atoms with van der Waals surface area (Å²) in [6.07, 6.45) is -3.58. The zero-order chi connectivity index (χ0) is 14.4. The van der Waals surface area contributed by atoms with E-state index in [0.717, 1.165) is 4.90 Å². The Morgan fingerprint density at radius 3 is 2.58 bits per heavy atom. The van der Waals surface area contributed by atoms with E-state index in [2.05, 4.69) is 15.9 Å². The number of aliphatic hydroxyl groups is 1. The molecule has 19 heavy (non-hydrogen) atoms. The molecule has 8 heteroatoms. The number of amides is 1. The van der Waals surface area contributed by atoms with Gasteiger partial charge < -0.3 is 14.6 Å². The number of hydrogen-bond donors (Lipinski definition) is 1. The lowest BCUT2D eigenvalue weighted by atomic mass is 10.0. The molecule has 0 aliphatic carbocycles. The van der Waals surface area contributed by atoms with Gasteiger partial charge in [0.05, 0.1) is 6.54 Å². The highest BCUT2D eigenvalue weighted by Gasteiger charge is 2.57. The van der Waals surface area contributed by atoms with Gasteiger partial charge in [0.2, 0.25) is 0 Å². The summed E-state index contributed by atoms with van der Waals surface area (Å²) in [4.78, 5) is 13.1. The zero-order valence-corrected chi connectivity index (χ0v) is 11.6. The first-order valence-corrected chi connectivity index (χ1v) is 6.33. The molecule has 106 valence electrons. The van der Waals surface area contributed by atoms with Gasteiger partial charge in [-0.25, -0.2) is 0 Å². The van der Waals surface area contributed by atoms with Crippen molar-refractivity contribution >= 4 is 21.8 Å². The average Bonchev–Trinajstić information content (AvgIpc) is 2.81. The van der Waals surface area contributed by atoms with Crippen LogP contribution in [0.5, 0.6) is 0 Å². The second kappa shape index (κ2) is 4.52. The number of carbonyl (C=O) groups excluding carboxylic acids is 1. The fourth-order valence-electron chi connectivity index (χ4n) is 2.10. The van der Waals surface area contributed by atoms with E-state index in [0.29, 0.717) is 4.47 Å². The molecule has 1 aliphatic heterocycles. The summed E-state index contributed by atoms with van der Waals surface area (Å²) in [5.74, 6) is -0.520. The molecule has 4 nitrogen and oxygen atoms in total. The first kappa shape index (κ1) is 14.4. The molecule has 2 heterocycles. The highest BCUT2D eigenvalue weighted by molar-refractivity contribution is 9.10. The Morgan fingerprint density at radius 1 is 1.53 bits per heavy atom. The highest BCUT2D eigenvalue weighted by atomic mass is 79.9. The van der Waals surface area contributed by atoms with Crippen LogP contribution >= 0.6 is 15.9 Å². The standard InChI is InChI=1S/C11H12BrF3N2O2/c1-16-5-7(12)4-8(16)9(18)17-3-2-10(19,6-17)11(13,14)15/h4-5,19H,2-3,6H2,1H3. The van der Waals surface area contributed by atoms with Crippen molar-refractivity contribution in [3.05, 3.63) is 22.4 Å². The predicted octanol–water partition coefficient (Wildman–Crippen LogP) is 1.93. The summed E-state index contributed by atoms with van der Waals surface area (Å²) in [5.41, 5.74) is -2.52. The first-order valence-electron chi connectivity index (χ1n) is 5.54. The van der Waals surface area contributed by atoms with E-state index >= 15 is 0 Å². The quantitative estimate of drug-likeness (QED) is 0.849. The van der Waals surface area contributed by atoms with Crippen molar-refractivity contribution in [2.75, 3.05) is 13.1 Å². The second-order valence-electron chi connectivity index (χ2n) is 4.66. The minimum Gasteiger partial charge on any atom is -0.379 e. The van der Waals surface area contributed by atoms with Crippen LogP contribution in [0.4, 0.5) is 13.2 Å². The molecule has 1 N–H and O–H groups in total. The minimum atomic E-state index is -4.73. The SMILES string of the molecule is Cn1cc(Br)cc1C(=O)N1CCC(O)(C(F)(F)F)C1. The van der Waals surface area contributed by atoms with E-state index in [9.17, 15) is 23.1 Å². The molecule has 1 fully saturated rings. The molecule has 1 atom stereocenters. The van der Waals surface area contributed by atoms with E-state index in [1.807, 2.05) is 0 Å². The van der Waals surface area contributed by atoms with Gasteiger partial charge in [-0.3, -0.25) is 4.79 Å². The van der Waals surface area contributed by atoms with Crippen molar-refractivity contribution in [2.45, 2.75) is 18.2 Å². The first-order chi connectivity index (χ1) is 8.64. The minimum absolute atomic E-state index is 0.113. The largest absolute Gasteiger partial charge is 0.419 e. The van der Waals surface area contributed by atoms with Crippen LogP contribution in [0, 0.1) is 0 Å². The molecule has 1 saturated heterocycles. The van der Waals surface area contributed by atoms with Crippen LogP contribution in [-0.4, -0.2) is 45.3 Å². The lowest BCUT2D eigenvalue weighted by Gasteiger charge is -2.25. The van der Waals surface area contributed by atoms with Crippen LogP contribution in [0.25, 0.3) is 0 Å². The highest BCUT2D eigenvalue weighted by Crippen LogP contribution is 2.38. The number of halogens is 4. The normalized spacial score (nSPS) is 24.0. The number of aromatic nitrogens is 1. The van der Waals surface area contributed by atoms with Gasteiger partial charge in [-0.05, 0) is 22.0 Å². The molecule has 0 bridgehead atoms. The van der Waals surface area contributed by atoms with Gasteiger partial charge in [0.15, 0.2) is 5.60 Å². The van der Waals surface area contributed by atoms with E-state index in [-0.39, 0.29) is 12.2 Å². The maximum absolute atomic E-state index is 12.7. The summed E-state index contributed by atoms with van der Waals surface area (Å²) < 4.78 is 40.2. The Kier molecular flexibility index (Phi) is 3.42. The number of hydrogen-bond acceptors (Lipinski definition) is 2. The third-order valence-electron chi connectivity index (χ3n) is 3.25. The number of aryl methyl sites for hydroxylation is 1. The fraction of sp³-hybridized carbons (Fsp3) is 0.545. The average molecular weight is 341 g/mol. The van der Waals surface area contributed by atoms with Crippen LogP contribution in [0.3, 0.4) is 0 Å². The third-order valence-corrected chi connectivity index (χ3v) is 3.69. The molecule has 1 aromatic heterocycles. The summed E-state index contributed by atoms with van der Waals surface area (Å²) >= 11 is 3.19. The van der Waals surface area contributed by atoms with Crippen LogP contribution in [0.2, 0.25) is 0 Å². The van der Waals surface area contributed by atoms with Crippen LogP contribution in [0.15, 0.2) is 16.7 Å². The molecule has 1 aromatic rings. The number of β-amino-alcohol motifs (C(OH)–C–C–N with tert-alkyl or cyclic N) is 1. The third kappa shape index (κ3) is 2.51. The molecule has 0 spiro atoms. The monoisotopic (exact) mass is 340 g/mol. The summed E-state index contributed by atoms with van der Waals surface area (Å²) in [6, 6.07) is 1.54. The van der Waals surface area contributed by atoms with Crippen LogP contribution < -0.4 is 0 Å². The van der Waals surface area contributed by atoms with Gasteiger partial charge >= 0.3 is 6.18 Å². The number of likely N-dealkylation sites (tertiary alicyclic amines) is 1. The summed E-state index contributed by atoms with van der Waals surface area (Å²) in [7, 11) is 1.63. The maximum atomic E-state index is 12.7. The van der Waals surface area contributed by atoms with Crippen molar-refractivity contribution in [3.63, 3.8) is 0 Å². The smallest absolute Gasteiger partial charge is 0.379 e. The Morgan fingerprint density at radius 2 is 2.16 bits per heavy atom. The number of nitrogens with zero attached hydrogens (tertiary/aromatic N) is 2. The van der Waals surface area contributed by atoms with E-state index in [1.54, 1.807) is 13.2 Å². The van der Waals surface area contributed by atoms with Crippen molar-refractivity contribution in [1.82, 2.24) is 9.47 Å². The number of carbonyl (C=O) groups is 1. The molecule has 2 rings (SSSR count). The lowest BCUT2D eigenvalue weighted by molar-refractivity contribution is -0.253. The molecule has 0 aromatic carbocycles. The Balaban J connectivity index is 2.18. The van der Waals surface area contributed by atoms with Gasteiger partial charge in [0.1, 0.15) is 5.69 Å². The van der Waals surface area contributed by atoms with Crippen molar-refractivity contribution in [3.8, 4) is 0 Å². The Labute approximate surface area is 115 Å². The molecule has 1 aliphatic rings. The van der Waals surface area contributed by atoms with Gasteiger partial charge in [0, 0.05) is 30.7 Å². The van der Waals surface area contributed by atoms with E-state index in [4.69, 9.17) is 0 Å². The topological polar surface area (TPSA) is 45.5 Å². The zero-order valence-electron chi connectivity index (χ0n) is 10.0. The Bertz CT molecular complexity index is 515. The van der Waals surface area contributed by atoms with E-state index in [1.165, 1.54) is 10.6 Å². The predicted molar refractivity (Wildman–Crippen MR) is 64.6 cm³/mol. The molecule has 0 saturated carbocycles. The van der Waals surface area contributed by atoms with Gasteiger partial charge in [-0.1, -0.05) is 0 Å². The molecule has 1 amide bonds. The van der Waals surface area contributed by atoms with E-state index < -0.39 is 30.7 Å². The van der Waals surface area contributed by atoms with Crippen molar-refractivity contribution in [1.29, 1.82) is 0 Å². The second-order valence-corrected chi connectivity index (χ2v) is 5.58. The number of alkyl halides is 3. The molecule has 1 unspecified atom stereocenters.